The van der Waals surface area contributed by atoms with E-state index in [4.69, 9.17) is 9.72 Å². The number of carbonyl (C=O) groups is 2. The summed E-state index contributed by atoms with van der Waals surface area (Å²) in [5.74, 6) is 4.64. The maximum Gasteiger partial charge on any atom is 0.252 e. The Morgan fingerprint density at radius 3 is 2.09 bits per heavy atom. The standard InChI is InChI=1S/C53H78N8O4/c1-37-27-49(63)61(43-17-15-42(16-18-43)56-51(64)41-13-14-41)50-45(37)36-55-52(58-50)57-46-20-19-44(31-47(46)65-2)60-25-23-59(24-26-60)22-12-10-8-6-4-3-5-7-9-11-21-54-48(62)35-53-32-38-28-39(33-53)30-40(29-38)34-53/h19-20,27,31,36,38-43H,3-18,21-26,28-30,32-35H2,1-2H3,(H,54,62)(H,56,64)(H,55,57,58). The van der Waals surface area contributed by atoms with Crippen LogP contribution in [0.25, 0.3) is 11.0 Å². The molecule has 0 spiro atoms. The number of methoxy groups -OCH3 is 1. The van der Waals surface area contributed by atoms with Crippen molar-refractivity contribution < 1.29 is 14.3 Å². The number of pyridine rings is 1. The maximum absolute atomic E-state index is 13.5. The van der Waals surface area contributed by atoms with E-state index in [-0.39, 0.29) is 29.5 Å². The van der Waals surface area contributed by atoms with Crippen molar-refractivity contribution in [2.75, 3.05) is 56.6 Å². The Bertz CT molecular complexity index is 2120. The van der Waals surface area contributed by atoms with Gasteiger partial charge in [-0.1, -0.05) is 51.4 Å². The van der Waals surface area contributed by atoms with Crippen LogP contribution in [0.5, 0.6) is 5.75 Å². The highest BCUT2D eigenvalue weighted by Gasteiger charge is 2.51. The number of carbonyl (C=O) groups excluding carboxylic acids is 2. The molecule has 3 N–H and O–H groups in total. The molecule has 0 atom stereocenters. The van der Waals surface area contributed by atoms with E-state index < -0.39 is 0 Å². The lowest BCUT2D eigenvalue weighted by molar-refractivity contribution is -0.129. The van der Waals surface area contributed by atoms with Crippen molar-refractivity contribution in [3.8, 4) is 5.75 Å². The second kappa shape index (κ2) is 21.2. The molecule has 1 aliphatic heterocycles. The molecule has 7 aliphatic rings. The smallest absolute Gasteiger partial charge is 0.252 e. The van der Waals surface area contributed by atoms with Gasteiger partial charge in [-0.25, -0.2) is 4.98 Å². The Morgan fingerprint density at radius 1 is 0.800 bits per heavy atom. The second-order valence-electron chi connectivity index (χ2n) is 21.6. The monoisotopic (exact) mass is 891 g/mol. The van der Waals surface area contributed by atoms with E-state index in [9.17, 15) is 14.4 Å². The number of hydrogen-bond donors (Lipinski definition) is 3. The molecule has 2 aromatic heterocycles. The van der Waals surface area contributed by atoms with Crippen LogP contribution >= 0.6 is 0 Å². The van der Waals surface area contributed by atoms with Crippen LogP contribution in [0.15, 0.2) is 35.3 Å². The zero-order valence-corrected chi connectivity index (χ0v) is 39.7. The van der Waals surface area contributed by atoms with Crippen LogP contribution < -0.4 is 31.1 Å². The third-order valence-electron chi connectivity index (χ3n) is 16.4. The van der Waals surface area contributed by atoms with E-state index >= 15 is 0 Å². The van der Waals surface area contributed by atoms with Crippen molar-refractivity contribution in [3.63, 3.8) is 0 Å². The first-order chi connectivity index (χ1) is 31.7. The lowest BCUT2D eigenvalue weighted by Crippen LogP contribution is -2.48. The number of ether oxygens (including phenoxy) is 1. The van der Waals surface area contributed by atoms with Gasteiger partial charge < -0.3 is 25.6 Å². The second-order valence-corrected chi connectivity index (χ2v) is 21.6. The number of hydrogen-bond acceptors (Lipinski definition) is 9. The Hall–Kier alpha value is -4.19. The summed E-state index contributed by atoms with van der Waals surface area (Å²) in [6, 6.07) is 8.18. The molecule has 65 heavy (non-hydrogen) atoms. The van der Waals surface area contributed by atoms with E-state index in [2.05, 4.69) is 42.9 Å². The zero-order valence-electron chi connectivity index (χ0n) is 39.7. The fraction of sp³-hybridized carbons (Fsp3) is 0.717. The number of nitrogens with zero attached hydrogens (tertiary/aromatic N) is 5. The van der Waals surface area contributed by atoms with Gasteiger partial charge >= 0.3 is 0 Å². The van der Waals surface area contributed by atoms with Gasteiger partial charge in [-0.2, -0.15) is 4.98 Å². The van der Waals surface area contributed by atoms with Gasteiger partial charge in [-0.05, 0) is 144 Å². The van der Waals surface area contributed by atoms with Crippen LogP contribution in [0, 0.1) is 36.0 Å². The summed E-state index contributed by atoms with van der Waals surface area (Å²) >= 11 is 0. The summed E-state index contributed by atoms with van der Waals surface area (Å²) in [6.07, 6.45) is 29.2. The summed E-state index contributed by atoms with van der Waals surface area (Å²) in [6.45, 7) is 8.10. The molecule has 1 aromatic carbocycles. The average Bonchev–Trinajstić information content (AvgIpc) is 4.15. The minimum Gasteiger partial charge on any atom is -0.494 e. The maximum atomic E-state index is 13.5. The molecular formula is C53H78N8O4. The van der Waals surface area contributed by atoms with Crippen molar-refractivity contribution in [3.05, 3.63) is 46.4 Å². The number of aromatic nitrogens is 3. The van der Waals surface area contributed by atoms with Gasteiger partial charge in [0.1, 0.15) is 11.4 Å². The van der Waals surface area contributed by atoms with E-state index in [1.165, 1.54) is 103 Å². The van der Waals surface area contributed by atoms with Crippen LogP contribution in [0.4, 0.5) is 17.3 Å². The van der Waals surface area contributed by atoms with Crippen LogP contribution in [0.2, 0.25) is 0 Å². The predicted octanol–water partition coefficient (Wildman–Crippen LogP) is 9.61. The molecule has 7 fully saturated rings. The van der Waals surface area contributed by atoms with E-state index in [1.54, 1.807) is 13.2 Å². The van der Waals surface area contributed by atoms with Crippen molar-refractivity contribution in [1.82, 2.24) is 30.1 Å². The summed E-state index contributed by atoms with van der Waals surface area (Å²) in [7, 11) is 1.70. The molecule has 6 aliphatic carbocycles. The van der Waals surface area contributed by atoms with E-state index in [0.717, 1.165) is 130 Å². The lowest BCUT2D eigenvalue weighted by atomic mass is 9.49. The van der Waals surface area contributed by atoms with Crippen molar-refractivity contribution in [2.24, 2.45) is 29.1 Å². The Morgan fingerprint density at radius 2 is 1.45 bits per heavy atom. The van der Waals surface area contributed by atoms with E-state index in [1.807, 2.05) is 23.8 Å². The molecule has 6 saturated carbocycles. The fourth-order valence-corrected chi connectivity index (χ4v) is 13.2. The number of benzene rings is 1. The molecular weight excluding hydrogens is 813 g/mol. The summed E-state index contributed by atoms with van der Waals surface area (Å²) in [5, 5.41) is 10.8. The number of rotatable bonds is 22. The van der Waals surface area contributed by atoms with E-state index in [0.29, 0.717) is 22.9 Å². The Labute approximate surface area is 387 Å². The van der Waals surface area contributed by atoms with Gasteiger partial charge in [0.05, 0.1) is 12.8 Å². The molecule has 1 saturated heterocycles. The molecule has 12 nitrogen and oxygen atoms in total. The largest absolute Gasteiger partial charge is 0.494 e. The third-order valence-corrected chi connectivity index (χ3v) is 16.4. The van der Waals surface area contributed by atoms with Gasteiger partial charge in [0.2, 0.25) is 17.8 Å². The first kappa shape index (κ1) is 45.9. The summed E-state index contributed by atoms with van der Waals surface area (Å²) in [5.41, 5.74) is 3.74. The Balaban J connectivity index is 0.642. The number of piperazine rings is 1. The molecule has 10 rings (SSSR count). The number of unbranched alkanes of at least 4 members (excludes halogenated alkanes) is 9. The van der Waals surface area contributed by atoms with Crippen molar-refractivity contribution >= 4 is 40.2 Å². The first-order valence-electron chi connectivity index (χ1n) is 26.1. The highest BCUT2D eigenvalue weighted by atomic mass is 16.5. The lowest BCUT2D eigenvalue weighted by Gasteiger charge is -2.56. The highest BCUT2D eigenvalue weighted by Crippen LogP contribution is 2.61. The van der Waals surface area contributed by atoms with Gasteiger partial charge in [-0.15, -0.1) is 0 Å². The minimum absolute atomic E-state index is 0.0202. The zero-order chi connectivity index (χ0) is 44.8. The molecule has 3 heterocycles. The summed E-state index contributed by atoms with van der Waals surface area (Å²) in [4.78, 5) is 53.3. The fourth-order valence-electron chi connectivity index (χ4n) is 13.2. The molecule has 4 bridgehead atoms. The SMILES string of the molecule is COc1cc(N2CCN(CCCCCCCCCCCCNC(=O)CC34CC5CC(CC(C5)C3)C4)CC2)ccc1Nc1ncc2c(C)cc(=O)n(C3CCC(NC(=O)C4CC4)CC3)c2n1. The first-order valence-corrected chi connectivity index (χ1v) is 26.1. The van der Waals surface area contributed by atoms with Crippen LogP contribution in [-0.4, -0.2) is 83.7 Å². The number of fused-ring (bicyclic) bond motifs is 1. The average molecular weight is 891 g/mol. The molecule has 0 radical (unpaired) electrons. The van der Waals surface area contributed by atoms with Gasteiger partial charge in [0.15, 0.2) is 0 Å². The number of anilines is 3. The number of amides is 2. The van der Waals surface area contributed by atoms with Gasteiger partial charge in [0, 0.05) is 86.5 Å². The van der Waals surface area contributed by atoms with Crippen molar-refractivity contribution in [2.45, 2.75) is 167 Å². The van der Waals surface area contributed by atoms with Gasteiger partial charge in [-0.3, -0.25) is 23.9 Å². The molecule has 3 aromatic rings. The normalized spacial score (nSPS) is 26.4. The highest BCUT2D eigenvalue weighted by molar-refractivity contribution is 5.81. The molecule has 354 valence electrons. The van der Waals surface area contributed by atoms with Crippen LogP contribution in [-0.2, 0) is 9.59 Å². The quantitative estimate of drug-likeness (QED) is 0.0844. The predicted molar refractivity (Wildman–Crippen MR) is 260 cm³/mol. The molecule has 2 amide bonds. The Kier molecular flexibility index (Phi) is 15.0. The molecule has 12 heteroatoms. The molecule has 0 unspecified atom stereocenters. The third kappa shape index (κ3) is 11.7. The number of nitrogens with one attached hydrogen (secondary N) is 3. The summed E-state index contributed by atoms with van der Waals surface area (Å²) < 4.78 is 7.74. The van der Waals surface area contributed by atoms with Crippen LogP contribution in [0.3, 0.4) is 0 Å². The number of aryl methyl sites for hydroxylation is 1. The van der Waals surface area contributed by atoms with Crippen molar-refractivity contribution in [1.29, 1.82) is 0 Å². The minimum atomic E-state index is -0.0452. The van der Waals surface area contributed by atoms with Crippen LogP contribution in [0.1, 0.15) is 159 Å². The van der Waals surface area contributed by atoms with Gasteiger partial charge in [0.25, 0.3) is 5.56 Å². The topological polar surface area (TPSA) is 134 Å².